The summed E-state index contributed by atoms with van der Waals surface area (Å²) in [7, 11) is 0. The van der Waals surface area contributed by atoms with Crippen LogP contribution in [0.5, 0.6) is 0 Å². The normalized spacial score (nSPS) is 16.8. The van der Waals surface area contributed by atoms with E-state index in [4.69, 9.17) is 11.6 Å². The van der Waals surface area contributed by atoms with Gasteiger partial charge in [0.2, 0.25) is 0 Å². The molecule has 0 unspecified atom stereocenters. The summed E-state index contributed by atoms with van der Waals surface area (Å²) in [5, 5.41) is 3.37. The fourth-order valence-corrected chi connectivity index (χ4v) is 2.20. The van der Waals surface area contributed by atoms with Crippen LogP contribution in [0.3, 0.4) is 0 Å². The molecule has 2 rings (SSSR count). The number of likely N-dealkylation sites (tertiary alicyclic amines) is 1. The van der Waals surface area contributed by atoms with E-state index in [-0.39, 0.29) is 6.03 Å². The van der Waals surface area contributed by atoms with Crippen molar-refractivity contribution in [1.29, 1.82) is 0 Å². The van der Waals surface area contributed by atoms with E-state index in [2.05, 4.69) is 10.3 Å². The number of rotatable bonds is 1. The molecule has 18 heavy (non-hydrogen) atoms. The highest BCUT2D eigenvalue weighted by molar-refractivity contribution is 6.30. The SMILES string of the molecule is O=C(Nc1ccc(Cl)cn1)N1CCCCCCC1. The number of hydrogen-bond donors (Lipinski definition) is 1. The number of aromatic nitrogens is 1. The summed E-state index contributed by atoms with van der Waals surface area (Å²) in [5.41, 5.74) is 0. The Bertz CT molecular complexity index is 386. The van der Waals surface area contributed by atoms with Gasteiger partial charge >= 0.3 is 6.03 Å². The summed E-state index contributed by atoms with van der Waals surface area (Å²) in [6.45, 7) is 1.67. The lowest BCUT2D eigenvalue weighted by molar-refractivity contribution is 0.206. The average molecular weight is 268 g/mol. The van der Waals surface area contributed by atoms with Crippen LogP contribution in [0, 0.1) is 0 Å². The number of hydrogen-bond acceptors (Lipinski definition) is 2. The van der Waals surface area contributed by atoms with Crippen LogP contribution in [-0.2, 0) is 0 Å². The molecule has 1 fully saturated rings. The summed E-state index contributed by atoms with van der Waals surface area (Å²) in [6.07, 6.45) is 7.41. The average Bonchev–Trinajstić information content (AvgIpc) is 2.31. The lowest BCUT2D eigenvalue weighted by Gasteiger charge is -2.24. The van der Waals surface area contributed by atoms with Gasteiger partial charge < -0.3 is 4.90 Å². The van der Waals surface area contributed by atoms with Gasteiger partial charge in [0, 0.05) is 19.3 Å². The standard InChI is InChI=1S/C13H18ClN3O/c14-11-6-7-12(15-10-11)16-13(18)17-8-4-2-1-3-5-9-17/h6-7,10H,1-5,8-9H2,(H,15,16,18). The number of anilines is 1. The van der Waals surface area contributed by atoms with E-state index in [0.29, 0.717) is 10.8 Å². The van der Waals surface area contributed by atoms with Gasteiger partial charge in [0.1, 0.15) is 5.82 Å². The highest BCUT2D eigenvalue weighted by Crippen LogP contribution is 2.13. The van der Waals surface area contributed by atoms with Crippen molar-refractivity contribution in [1.82, 2.24) is 9.88 Å². The van der Waals surface area contributed by atoms with Crippen LogP contribution in [0.15, 0.2) is 18.3 Å². The van der Waals surface area contributed by atoms with E-state index in [1.165, 1.54) is 25.5 Å². The van der Waals surface area contributed by atoms with Gasteiger partial charge in [0.05, 0.1) is 5.02 Å². The Kier molecular flexibility index (Phi) is 4.81. The summed E-state index contributed by atoms with van der Waals surface area (Å²) >= 11 is 5.75. The van der Waals surface area contributed by atoms with Gasteiger partial charge in [-0.1, -0.05) is 30.9 Å². The van der Waals surface area contributed by atoms with E-state index < -0.39 is 0 Å². The van der Waals surface area contributed by atoms with E-state index in [1.54, 1.807) is 12.1 Å². The van der Waals surface area contributed by atoms with Gasteiger partial charge in [0.15, 0.2) is 0 Å². The quantitative estimate of drug-likeness (QED) is 0.846. The number of nitrogens with zero attached hydrogens (tertiary/aromatic N) is 2. The third-order valence-electron chi connectivity index (χ3n) is 3.11. The first-order valence-electron chi connectivity index (χ1n) is 6.43. The Balaban J connectivity index is 1.91. The van der Waals surface area contributed by atoms with Gasteiger partial charge in [-0.3, -0.25) is 5.32 Å². The number of nitrogens with one attached hydrogen (secondary N) is 1. The lowest BCUT2D eigenvalue weighted by Crippen LogP contribution is -2.37. The Morgan fingerprint density at radius 2 is 1.83 bits per heavy atom. The Hall–Kier alpha value is -1.29. The van der Waals surface area contributed by atoms with Crippen molar-refractivity contribution in [2.24, 2.45) is 0 Å². The molecule has 2 amide bonds. The Morgan fingerprint density at radius 3 is 2.44 bits per heavy atom. The number of amides is 2. The molecular formula is C13H18ClN3O. The van der Waals surface area contributed by atoms with E-state index >= 15 is 0 Å². The number of carbonyl (C=O) groups excluding carboxylic acids is 1. The molecule has 1 aromatic heterocycles. The molecule has 0 aromatic carbocycles. The predicted octanol–water partition coefficient (Wildman–Crippen LogP) is 3.53. The van der Waals surface area contributed by atoms with Gasteiger partial charge in [0.25, 0.3) is 0 Å². The molecule has 0 spiro atoms. The molecule has 4 nitrogen and oxygen atoms in total. The van der Waals surface area contributed by atoms with Gasteiger partial charge in [-0.15, -0.1) is 0 Å². The molecule has 1 aromatic rings. The smallest absolute Gasteiger partial charge is 0.323 e. The van der Waals surface area contributed by atoms with Crippen molar-refractivity contribution in [2.45, 2.75) is 32.1 Å². The molecule has 0 atom stereocenters. The molecule has 5 heteroatoms. The minimum absolute atomic E-state index is 0.0632. The van der Waals surface area contributed by atoms with Crippen LogP contribution in [0.4, 0.5) is 10.6 Å². The molecule has 2 heterocycles. The second-order valence-electron chi connectivity index (χ2n) is 4.55. The summed E-state index contributed by atoms with van der Waals surface area (Å²) in [4.78, 5) is 18.0. The summed E-state index contributed by atoms with van der Waals surface area (Å²) in [5.74, 6) is 0.548. The molecule has 0 saturated carbocycles. The van der Waals surface area contributed by atoms with Crippen molar-refractivity contribution >= 4 is 23.4 Å². The number of pyridine rings is 1. The second kappa shape index (κ2) is 6.59. The maximum atomic E-state index is 12.1. The van der Waals surface area contributed by atoms with E-state index in [9.17, 15) is 4.79 Å². The Morgan fingerprint density at radius 1 is 1.17 bits per heavy atom. The Labute approximate surface area is 112 Å². The van der Waals surface area contributed by atoms with Crippen LogP contribution in [-0.4, -0.2) is 29.0 Å². The van der Waals surface area contributed by atoms with Crippen LogP contribution < -0.4 is 5.32 Å². The maximum absolute atomic E-state index is 12.1. The largest absolute Gasteiger partial charge is 0.325 e. The summed E-state index contributed by atoms with van der Waals surface area (Å²) < 4.78 is 0. The number of halogens is 1. The van der Waals surface area contributed by atoms with Crippen LogP contribution in [0.1, 0.15) is 32.1 Å². The summed E-state index contributed by atoms with van der Waals surface area (Å²) in [6, 6.07) is 3.37. The number of urea groups is 1. The van der Waals surface area contributed by atoms with E-state index in [0.717, 1.165) is 25.9 Å². The number of carbonyl (C=O) groups is 1. The minimum Gasteiger partial charge on any atom is -0.325 e. The van der Waals surface area contributed by atoms with Gasteiger partial charge in [-0.2, -0.15) is 0 Å². The zero-order valence-electron chi connectivity index (χ0n) is 10.4. The van der Waals surface area contributed by atoms with E-state index in [1.807, 2.05) is 4.90 Å². The molecule has 98 valence electrons. The highest BCUT2D eigenvalue weighted by atomic mass is 35.5. The molecule has 1 N–H and O–H groups in total. The lowest BCUT2D eigenvalue weighted by atomic mass is 10.1. The van der Waals surface area contributed by atoms with Crippen molar-refractivity contribution in [2.75, 3.05) is 18.4 Å². The van der Waals surface area contributed by atoms with Crippen LogP contribution in [0.25, 0.3) is 0 Å². The van der Waals surface area contributed by atoms with Crippen LogP contribution in [0.2, 0.25) is 5.02 Å². The topological polar surface area (TPSA) is 45.2 Å². The zero-order valence-corrected chi connectivity index (χ0v) is 11.1. The molecule has 0 bridgehead atoms. The zero-order chi connectivity index (χ0) is 12.8. The van der Waals surface area contributed by atoms with Crippen molar-refractivity contribution in [3.63, 3.8) is 0 Å². The van der Waals surface area contributed by atoms with Crippen molar-refractivity contribution in [3.8, 4) is 0 Å². The van der Waals surface area contributed by atoms with Crippen molar-refractivity contribution < 1.29 is 4.79 Å². The molecule has 1 saturated heterocycles. The first-order valence-corrected chi connectivity index (χ1v) is 6.81. The maximum Gasteiger partial charge on any atom is 0.323 e. The fourth-order valence-electron chi connectivity index (χ4n) is 2.09. The third-order valence-corrected chi connectivity index (χ3v) is 3.33. The minimum atomic E-state index is -0.0632. The highest BCUT2D eigenvalue weighted by Gasteiger charge is 2.14. The van der Waals surface area contributed by atoms with Gasteiger partial charge in [-0.05, 0) is 25.0 Å². The molecule has 1 aliphatic heterocycles. The van der Waals surface area contributed by atoms with Crippen molar-refractivity contribution in [3.05, 3.63) is 23.4 Å². The fraction of sp³-hybridized carbons (Fsp3) is 0.538. The predicted molar refractivity (Wildman–Crippen MR) is 72.9 cm³/mol. The molecule has 0 aliphatic carbocycles. The van der Waals surface area contributed by atoms with Crippen LogP contribution >= 0.6 is 11.6 Å². The second-order valence-corrected chi connectivity index (χ2v) is 4.98. The van der Waals surface area contributed by atoms with Gasteiger partial charge in [-0.25, -0.2) is 9.78 Å². The molecule has 0 radical (unpaired) electrons. The molecular weight excluding hydrogens is 250 g/mol. The third kappa shape index (κ3) is 3.88. The first kappa shape index (κ1) is 13.1. The monoisotopic (exact) mass is 267 g/mol. The first-order chi connectivity index (χ1) is 8.75. The molecule has 1 aliphatic rings.